The number of hydrogen-bond acceptors (Lipinski definition) is 5. The van der Waals surface area contributed by atoms with Crippen molar-refractivity contribution in [2.75, 3.05) is 39.2 Å². The minimum Gasteiger partial charge on any atom is -0.497 e. The highest BCUT2D eigenvalue weighted by atomic mass is 16.6. The average molecular weight is 350 g/mol. The summed E-state index contributed by atoms with van der Waals surface area (Å²) in [5, 5.41) is 3.45. The van der Waals surface area contributed by atoms with E-state index in [9.17, 15) is 4.79 Å². The number of ether oxygens (including phenoxy) is 3. The average Bonchev–Trinajstić information content (AvgIpc) is 2.58. The first-order chi connectivity index (χ1) is 11.8. The van der Waals surface area contributed by atoms with E-state index < -0.39 is 5.60 Å². The van der Waals surface area contributed by atoms with Gasteiger partial charge in [-0.3, -0.25) is 0 Å². The molecule has 0 aliphatic carbocycles. The summed E-state index contributed by atoms with van der Waals surface area (Å²) >= 11 is 0. The molecule has 0 unspecified atom stereocenters. The lowest BCUT2D eigenvalue weighted by molar-refractivity contribution is 0.0188. The lowest BCUT2D eigenvalue weighted by atomic mass is 9.97. The molecule has 1 aromatic rings. The van der Waals surface area contributed by atoms with Gasteiger partial charge in [0.1, 0.15) is 17.1 Å². The molecule has 2 rings (SSSR count). The fraction of sp³-hybridized carbons (Fsp3) is 0.632. The lowest BCUT2D eigenvalue weighted by Crippen LogP contribution is -2.42. The molecule has 25 heavy (non-hydrogen) atoms. The van der Waals surface area contributed by atoms with Gasteiger partial charge in [0.05, 0.1) is 19.9 Å². The van der Waals surface area contributed by atoms with Crippen LogP contribution in [0.1, 0.15) is 33.6 Å². The number of amides is 1. The van der Waals surface area contributed by atoms with Gasteiger partial charge in [-0.05, 0) is 51.7 Å². The van der Waals surface area contributed by atoms with Crippen molar-refractivity contribution in [1.29, 1.82) is 0 Å². The highest BCUT2D eigenvalue weighted by molar-refractivity contribution is 5.68. The third-order valence-corrected chi connectivity index (χ3v) is 4.25. The molecule has 1 aliphatic heterocycles. The molecule has 1 aliphatic rings. The highest BCUT2D eigenvalue weighted by Gasteiger charge is 2.26. The zero-order chi connectivity index (χ0) is 18.4. The molecule has 6 heteroatoms. The number of carbonyl (C=O) groups is 1. The van der Waals surface area contributed by atoms with Crippen molar-refractivity contribution in [2.24, 2.45) is 5.92 Å². The van der Waals surface area contributed by atoms with Gasteiger partial charge < -0.3 is 24.4 Å². The molecule has 0 saturated carbocycles. The predicted molar refractivity (Wildman–Crippen MR) is 98.6 cm³/mol. The lowest BCUT2D eigenvalue weighted by Gasteiger charge is -2.33. The van der Waals surface area contributed by atoms with Crippen LogP contribution in [-0.4, -0.2) is 50.4 Å². The summed E-state index contributed by atoms with van der Waals surface area (Å²) in [6.45, 7) is 7.98. The van der Waals surface area contributed by atoms with Crippen LogP contribution in [-0.2, 0) is 4.74 Å². The van der Waals surface area contributed by atoms with Crippen LogP contribution in [0.3, 0.4) is 0 Å². The summed E-state index contributed by atoms with van der Waals surface area (Å²) < 4.78 is 16.1. The van der Waals surface area contributed by atoms with Gasteiger partial charge in [-0.25, -0.2) is 4.79 Å². The molecular formula is C19H30N2O4. The number of rotatable bonds is 5. The van der Waals surface area contributed by atoms with Crippen LogP contribution >= 0.6 is 0 Å². The largest absolute Gasteiger partial charge is 0.497 e. The Bertz CT molecular complexity index is 575. The summed E-state index contributed by atoms with van der Waals surface area (Å²) in [7, 11) is 3.31. The third kappa shape index (κ3) is 5.73. The maximum atomic E-state index is 12.1. The molecule has 1 heterocycles. The summed E-state index contributed by atoms with van der Waals surface area (Å²) in [6.07, 6.45) is 1.70. The molecule has 0 radical (unpaired) electrons. The Morgan fingerprint density at radius 3 is 2.44 bits per heavy atom. The number of carbonyl (C=O) groups excluding carboxylic acids is 1. The molecule has 1 amide bonds. The minimum atomic E-state index is -0.446. The van der Waals surface area contributed by atoms with E-state index in [4.69, 9.17) is 14.2 Å². The smallest absolute Gasteiger partial charge is 0.410 e. The number of nitrogens with zero attached hydrogens (tertiary/aromatic N) is 1. The van der Waals surface area contributed by atoms with Gasteiger partial charge in [0.25, 0.3) is 0 Å². The summed E-state index contributed by atoms with van der Waals surface area (Å²) in [4.78, 5) is 13.9. The Hall–Kier alpha value is -2.11. The van der Waals surface area contributed by atoms with Crippen molar-refractivity contribution in [2.45, 2.75) is 39.2 Å². The van der Waals surface area contributed by atoms with Gasteiger partial charge in [-0.1, -0.05) is 0 Å². The monoisotopic (exact) mass is 350 g/mol. The molecule has 140 valence electrons. The van der Waals surface area contributed by atoms with Crippen LogP contribution in [0.4, 0.5) is 10.5 Å². The zero-order valence-corrected chi connectivity index (χ0v) is 15.9. The van der Waals surface area contributed by atoms with Crippen molar-refractivity contribution in [1.82, 2.24) is 4.90 Å². The van der Waals surface area contributed by atoms with Crippen molar-refractivity contribution >= 4 is 11.8 Å². The van der Waals surface area contributed by atoms with Crippen LogP contribution in [0.2, 0.25) is 0 Å². The second-order valence-electron chi connectivity index (χ2n) is 7.36. The molecule has 0 bridgehead atoms. The Morgan fingerprint density at radius 2 is 1.88 bits per heavy atom. The van der Waals surface area contributed by atoms with Gasteiger partial charge in [0, 0.05) is 25.7 Å². The maximum Gasteiger partial charge on any atom is 0.410 e. The molecule has 0 aromatic heterocycles. The molecule has 0 atom stereocenters. The van der Waals surface area contributed by atoms with E-state index in [1.54, 1.807) is 19.1 Å². The normalized spacial score (nSPS) is 15.6. The van der Waals surface area contributed by atoms with Gasteiger partial charge in [-0.15, -0.1) is 0 Å². The molecule has 1 N–H and O–H groups in total. The number of piperidine rings is 1. The van der Waals surface area contributed by atoms with E-state index in [2.05, 4.69) is 5.32 Å². The standard InChI is InChI=1S/C19H30N2O4/c1-19(2,3)25-18(22)21-10-8-14(9-11-21)13-20-16-12-15(23-4)6-7-17(16)24-5/h6-7,12,14,20H,8-11,13H2,1-5H3. The van der Waals surface area contributed by atoms with Gasteiger partial charge in [0.2, 0.25) is 0 Å². The maximum absolute atomic E-state index is 12.1. The number of anilines is 1. The Balaban J connectivity index is 1.84. The highest BCUT2D eigenvalue weighted by Crippen LogP contribution is 2.30. The summed E-state index contributed by atoms with van der Waals surface area (Å²) in [5.41, 5.74) is 0.481. The van der Waals surface area contributed by atoms with Crippen molar-refractivity contribution in [3.8, 4) is 11.5 Å². The molecular weight excluding hydrogens is 320 g/mol. The summed E-state index contributed by atoms with van der Waals surface area (Å²) in [6, 6.07) is 5.71. The van der Waals surface area contributed by atoms with Gasteiger partial charge in [0.15, 0.2) is 0 Å². The van der Waals surface area contributed by atoms with Crippen molar-refractivity contribution in [3.05, 3.63) is 18.2 Å². The number of benzene rings is 1. The van der Waals surface area contributed by atoms with E-state index in [1.165, 1.54) is 0 Å². The number of likely N-dealkylation sites (tertiary alicyclic amines) is 1. The number of hydrogen-bond donors (Lipinski definition) is 1. The second kappa shape index (κ2) is 8.32. The van der Waals surface area contributed by atoms with Crippen LogP contribution in [0.25, 0.3) is 0 Å². The molecule has 1 fully saturated rings. The van der Waals surface area contributed by atoms with Crippen LogP contribution in [0, 0.1) is 5.92 Å². The zero-order valence-electron chi connectivity index (χ0n) is 15.9. The van der Waals surface area contributed by atoms with Crippen molar-refractivity contribution in [3.63, 3.8) is 0 Å². The van der Waals surface area contributed by atoms with E-state index in [1.807, 2.05) is 39.0 Å². The second-order valence-corrected chi connectivity index (χ2v) is 7.36. The molecule has 0 spiro atoms. The van der Waals surface area contributed by atoms with Crippen LogP contribution in [0.15, 0.2) is 18.2 Å². The van der Waals surface area contributed by atoms with E-state index >= 15 is 0 Å². The first kappa shape index (κ1) is 19.2. The SMILES string of the molecule is COc1ccc(OC)c(NCC2CCN(C(=O)OC(C)(C)C)CC2)c1. The fourth-order valence-electron chi connectivity index (χ4n) is 2.85. The quantitative estimate of drug-likeness (QED) is 0.876. The first-order valence-corrected chi connectivity index (χ1v) is 8.76. The van der Waals surface area contributed by atoms with E-state index in [-0.39, 0.29) is 6.09 Å². The molecule has 1 saturated heterocycles. The summed E-state index contributed by atoms with van der Waals surface area (Å²) in [5.74, 6) is 2.10. The third-order valence-electron chi connectivity index (χ3n) is 4.25. The molecule has 6 nitrogen and oxygen atoms in total. The number of nitrogens with one attached hydrogen (secondary N) is 1. The fourth-order valence-corrected chi connectivity index (χ4v) is 2.85. The minimum absolute atomic E-state index is 0.214. The first-order valence-electron chi connectivity index (χ1n) is 8.76. The van der Waals surface area contributed by atoms with E-state index in [0.717, 1.165) is 49.7 Å². The Kier molecular flexibility index (Phi) is 6.39. The van der Waals surface area contributed by atoms with Crippen LogP contribution < -0.4 is 14.8 Å². The van der Waals surface area contributed by atoms with Gasteiger partial charge >= 0.3 is 6.09 Å². The predicted octanol–water partition coefficient (Wildman–Crippen LogP) is 3.76. The Labute approximate surface area is 150 Å². The van der Waals surface area contributed by atoms with Crippen LogP contribution in [0.5, 0.6) is 11.5 Å². The number of methoxy groups -OCH3 is 2. The molecule has 1 aromatic carbocycles. The topological polar surface area (TPSA) is 60.0 Å². The van der Waals surface area contributed by atoms with Crippen molar-refractivity contribution < 1.29 is 19.0 Å². The van der Waals surface area contributed by atoms with Gasteiger partial charge in [-0.2, -0.15) is 0 Å². The Morgan fingerprint density at radius 1 is 1.20 bits per heavy atom. The van der Waals surface area contributed by atoms with E-state index in [0.29, 0.717) is 5.92 Å².